The van der Waals surface area contributed by atoms with Gasteiger partial charge in [-0.05, 0) is 12.1 Å². The maximum Gasteiger partial charge on any atom is 0.263 e. The highest BCUT2D eigenvalue weighted by Gasteiger charge is 2.13. The third-order valence-electron chi connectivity index (χ3n) is 1.61. The van der Waals surface area contributed by atoms with Crippen LogP contribution >= 0.6 is 0 Å². The Balaban J connectivity index is 2.62. The van der Waals surface area contributed by atoms with Crippen LogP contribution in [0.25, 0.3) is 0 Å². The minimum atomic E-state index is -0.831. The molecular weight excluding hydrogens is 168 g/mol. The van der Waals surface area contributed by atoms with Crippen LogP contribution < -0.4 is 11.1 Å². The van der Waals surface area contributed by atoms with Gasteiger partial charge in [0.15, 0.2) is 0 Å². The van der Waals surface area contributed by atoms with Gasteiger partial charge in [0, 0.05) is 5.69 Å². The lowest BCUT2D eigenvalue weighted by Gasteiger charge is -2.12. The highest BCUT2D eigenvalue weighted by atomic mass is 16.3. The Morgan fingerprint density at radius 3 is 2.54 bits per heavy atom. The fourth-order valence-electron chi connectivity index (χ4n) is 0.930. The maximum absolute atomic E-state index is 10.6. The van der Waals surface area contributed by atoms with Crippen molar-refractivity contribution in [2.45, 2.75) is 6.04 Å². The number of carbonyl (C=O) groups is 1. The molecule has 0 aromatic heterocycles. The number of rotatable bonds is 4. The average Bonchev–Trinajstić information content (AvgIpc) is 2.15. The van der Waals surface area contributed by atoms with E-state index in [1.54, 1.807) is 12.1 Å². The van der Waals surface area contributed by atoms with E-state index in [1.807, 2.05) is 18.2 Å². The molecule has 0 aliphatic carbocycles. The largest absolute Gasteiger partial charge is 0.394 e. The summed E-state index contributed by atoms with van der Waals surface area (Å²) in [5.74, 6) is -0.814. The second-order valence-electron chi connectivity index (χ2n) is 2.61. The highest BCUT2D eigenvalue weighted by Crippen LogP contribution is 2.06. The van der Waals surface area contributed by atoms with Gasteiger partial charge < -0.3 is 10.4 Å². The van der Waals surface area contributed by atoms with Crippen LogP contribution in [0.2, 0.25) is 0 Å². The van der Waals surface area contributed by atoms with Gasteiger partial charge in [0.05, 0.1) is 6.61 Å². The second kappa shape index (κ2) is 4.47. The van der Waals surface area contributed by atoms with Crippen LogP contribution in [0.3, 0.4) is 0 Å². The number of aliphatic hydroxyl groups excluding tert-OH is 1. The van der Waals surface area contributed by atoms with Gasteiger partial charge >= 0.3 is 0 Å². The van der Waals surface area contributed by atoms with E-state index in [4.69, 9.17) is 10.8 Å². The highest BCUT2D eigenvalue weighted by molar-refractivity contribution is 5.82. The predicted octanol–water partition coefficient (Wildman–Crippen LogP) is 0.269. The standard InChI is InChI=1S/C9H11N2O2/c10-9(13)8(6-12)11-7-4-2-1-3-5-7/h1-5,8,10-12H,6H2/t8-/m0/s1. The first-order chi connectivity index (χ1) is 6.24. The van der Waals surface area contributed by atoms with Crippen molar-refractivity contribution < 1.29 is 9.90 Å². The van der Waals surface area contributed by atoms with Gasteiger partial charge in [-0.2, -0.15) is 0 Å². The summed E-state index contributed by atoms with van der Waals surface area (Å²) in [6.45, 7) is -0.364. The van der Waals surface area contributed by atoms with Crippen LogP contribution in [0.4, 0.5) is 5.69 Å². The Kier molecular flexibility index (Phi) is 3.28. The molecule has 0 aliphatic rings. The molecule has 13 heavy (non-hydrogen) atoms. The van der Waals surface area contributed by atoms with Gasteiger partial charge in [0.2, 0.25) is 0 Å². The van der Waals surface area contributed by atoms with Crippen molar-refractivity contribution in [3.8, 4) is 0 Å². The SMILES string of the molecule is [NH]C(=O)[C@H](CO)Nc1ccccc1. The third-order valence-corrected chi connectivity index (χ3v) is 1.61. The first-order valence-corrected chi connectivity index (χ1v) is 3.92. The molecule has 1 aromatic carbocycles. The lowest BCUT2D eigenvalue weighted by molar-refractivity contribution is -0.120. The Hall–Kier alpha value is -1.55. The van der Waals surface area contributed by atoms with Gasteiger partial charge in [0.1, 0.15) is 6.04 Å². The zero-order valence-electron chi connectivity index (χ0n) is 7.03. The lowest BCUT2D eigenvalue weighted by Crippen LogP contribution is -2.33. The van der Waals surface area contributed by atoms with E-state index < -0.39 is 11.9 Å². The summed E-state index contributed by atoms with van der Waals surface area (Å²) >= 11 is 0. The molecule has 3 N–H and O–H groups in total. The first-order valence-electron chi connectivity index (χ1n) is 3.92. The summed E-state index contributed by atoms with van der Waals surface area (Å²) in [4.78, 5) is 10.6. The van der Waals surface area contributed by atoms with Crippen LogP contribution in [-0.2, 0) is 4.79 Å². The lowest BCUT2D eigenvalue weighted by atomic mass is 10.2. The maximum atomic E-state index is 10.6. The van der Waals surface area contributed by atoms with E-state index in [0.29, 0.717) is 0 Å². The second-order valence-corrected chi connectivity index (χ2v) is 2.61. The fourth-order valence-corrected chi connectivity index (χ4v) is 0.930. The number of carbonyl (C=O) groups excluding carboxylic acids is 1. The number of hydrogen-bond donors (Lipinski definition) is 2. The van der Waals surface area contributed by atoms with Crippen LogP contribution in [0.15, 0.2) is 30.3 Å². The summed E-state index contributed by atoms with van der Waals surface area (Å²) in [6, 6.07) is 8.18. The Bertz CT molecular complexity index is 274. The molecule has 1 rings (SSSR count). The number of para-hydroxylation sites is 1. The van der Waals surface area contributed by atoms with E-state index in [2.05, 4.69) is 5.32 Å². The fraction of sp³-hybridized carbons (Fsp3) is 0.222. The Morgan fingerprint density at radius 1 is 1.46 bits per heavy atom. The molecule has 69 valence electrons. The molecule has 0 saturated heterocycles. The molecule has 1 radical (unpaired) electrons. The van der Waals surface area contributed by atoms with Crippen LogP contribution in [0, 0.1) is 0 Å². The molecule has 4 heteroatoms. The number of nitrogens with one attached hydrogen (secondary N) is 2. The van der Waals surface area contributed by atoms with Crippen molar-refractivity contribution in [3.05, 3.63) is 30.3 Å². The van der Waals surface area contributed by atoms with E-state index in [9.17, 15) is 4.79 Å². The molecule has 0 unspecified atom stereocenters. The zero-order valence-corrected chi connectivity index (χ0v) is 7.03. The number of benzene rings is 1. The normalized spacial score (nSPS) is 12.1. The molecular formula is C9H11N2O2. The summed E-state index contributed by atoms with van der Waals surface area (Å²) < 4.78 is 0. The van der Waals surface area contributed by atoms with Gasteiger partial charge in [-0.25, -0.2) is 0 Å². The smallest absolute Gasteiger partial charge is 0.263 e. The van der Waals surface area contributed by atoms with E-state index >= 15 is 0 Å². The molecule has 1 amide bonds. The number of anilines is 1. The predicted molar refractivity (Wildman–Crippen MR) is 49.0 cm³/mol. The topological polar surface area (TPSA) is 73.1 Å². The minimum Gasteiger partial charge on any atom is -0.394 e. The summed E-state index contributed by atoms with van der Waals surface area (Å²) in [7, 11) is 0. The van der Waals surface area contributed by atoms with Crippen LogP contribution in [-0.4, -0.2) is 23.7 Å². The molecule has 4 nitrogen and oxygen atoms in total. The van der Waals surface area contributed by atoms with E-state index in [0.717, 1.165) is 5.69 Å². The van der Waals surface area contributed by atoms with Gasteiger partial charge in [-0.3, -0.25) is 10.5 Å². The molecule has 0 saturated carbocycles. The van der Waals surface area contributed by atoms with Crippen molar-refractivity contribution in [1.82, 2.24) is 5.73 Å². The molecule has 0 aliphatic heterocycles. The molecule has 0 fully saturated rings. The van der Waals surface area contributed by atoms with Gasteiger partial charge in [-0.1, -0.05) is 18.2 Å². The van der Waals surface area contributed by atoms with Crippen molar-refractivity contribution in [2.24, 2.45) is 0 Å². The first kappa shape index (κ1) is 9.54. The third kappa shape index (κ3) is 2.76. The van der Waals surface area contributed by atoms with Crippen LogP contribution in [0.5, 0.6) is 0 Å². The molecule has 0 heterocycles. The molecule has 0 spiro atoms. The van der Waals surface area contributed by atoms with Crippen molar-refractivity contribution >= 4 is 11.6 Å². The average molecular weight is 179 g/mol. The van der Waals surface area contributed by atoms with Gasteiger partial charge in [0.25, 0.3) is 5.91 Å². The summed E-state index contributed by atoms with van der Waals surface area (Å²) in [5, 5.41) is 11.5. The van der Waals surface area contributed by atoms with Crippen LogP contribution in [0.1, 0.15) is 0 Å². The van der Waals surface area contributed by atoms with Gasteiger partial charge in [-0.15, -0.1) is 0 Å². The summed E-state index contributed by atoms with van der Waals surface area (Å²) in [6.07, 6.45) is 0. The monoisotopic (exact) mass is 179 g/mol. The van der Waals surface area contributed by atoms with E-state index in [-0.39, 0.29) is 6.61 Å². The number of aliphatic hydroxyl groups is 1. The number of amides is 1. The summed E-state index contributed by atoms with van der Waals surface area (Å²) in [5.41, 5.74) is 7.55. The molecule has 0 bridgehead atoms. The Morgan fingerprint density at radius 2 is 2.08 bits per heavy atom. The minimum absolute atomic E-state index is 0.364. The van der Waals surface area contributed by atoms with Crippen molar-refractivity contribution in [2.75, 3.05) is 11.9 Å². The quantitative estimate of drug-likeness (QED) is 0.696. The Labute approximate surface area is 76.4 Å². The number of hydrogen-bond acceptors (Lipinski definition) is 3. The zero-order chi connectivity index (χ0) is 9.68. The van der Waals surface area contributed by atoms with Crippen molar-refractivity contribution in [3.63, 3.8) is 0 Å². The van der Waals surface area contributed by atoms with Crippen molar-refractivity contribution in [1.29, 1.82) is 0 Å². The molecule has 1 atom stereocenters. The molecule has 1 aromatic rings. The van der Waals surface area contributed by atoms with E-state index in [1.165, 1.54) is 0 Å².